The van der Waals surface area contributed by atoms with Crippen molar-refractivity contribution in [2.24, 2.45) is 0 Å². The summed E-state index contributed by atoms with van der Waals surface area (Å²) in [7, 11) is 0. The third-order valence-electron chi connectivity index (χ3n) is 4.15. The zero-order valence-corrected chi connectivity index (χ0v) is 13.7. The standard InChI is InChI=1S/C13H11F9N2O5/c14-10(15,11(16,17)12(18,19)13(20,21)22)4-2-24(9(28)23-8(4)27)7-1-5(26)6(3-25)29-7/h2,5-7,25-26H,1,3H2,(H,23,27,28)/t5-,6+,7+/m0/s1. The highest BCUT2D eigenvalue weighted by atomic mass is 19.4. The molecule has 1 saturated heterocycles. The maximum atomic E-state index is 14.0. The molecule has 0 aromatic carbocycles. The fourth-order valence-corrected chi connectivity index (χ4v) is 2.52. The van der Waals surface area contributed by atoms with Crippen LogP contribution in [0, 0.1) is 0 Å². The molecule has 3 N–H and O–H groups in total. The predicted molar refractivity (Wildman–Crippen MR) is 72.8 cm³/mol. The normalized spacial score (nSPS) is 24.2. The van der Waals surface area contributed by atoms with E-state index in [0.29, 0.717) is 0 Å². The number of nitrogens with zero attached hydrogens (tertiary/aromatic N) is 1. The number of nitrogens with one attached hydrogen (secondary N) is 1. The van der Waals surface area contributed by atoms with Gasteiger partial charge in [-0.2, -0.15) is 39.5 Å². The van der Waals surface area contributed by atoms with Gasteiger partial charge in [0.1, 0.15) is 17.9 Å². The third kappa shape index (κ3) is 3.52. The first-order valence-electron chi connectivity index (χ1n) is 7.49. The topological polar surface area (TPSA) is 105 Å². The minimum atomic E-state index is -7.24. The van der Waals surface area contributed by atoms with E-state index in [9.17, 15) is 54.2 Å². The summed E-state index contributed by atoms with van der Waals surface area (Å²) < 4.78 is 123. The number of aliphatic hydroxyl groups excluding tert-OH is 2. The van der Waals surface area contributed by atoms with Gasteiger partial charge in [0.05, 0.1) is 12.7 Å². The van der Waals surface area contributed by atoms with Gasteiger partial charge in [-0.3, -0.25) is 14.3 Å². The predicted octanol–water partition coefficient (Wildman–Crippen LogP) is 1.10. The highest BCUT2D eigenvalue weighted by Crippen LogP contribution is 2.56. The number of alkyl halides is 9. The molecule has 16 heteroatoms. The van der Waals surface area contributed by atoms with Gasteiger partial charge in [-0.05, 0) is 0 Å². The van der Waals surface area contributed by atoms with Gasteiger partial charge in [-0.1, -0.05) is 0 Å². The van der Waals surface area contributed by atoms with Gasteiger partial charge in [0, 0.05) is 12.6 Å². The number of aromatic amines is 1. The number of H-pyrrole nitrogens is 1. The summed E-state index contributed by atoms with van der Waals surface area (Å²) in [6, 6.07) is 0. The van der Waals surface area contributed by atoms with E-state index in [1.807, 2.05) is 0 Å². The van der Waals surface area contributed by atoms with E-state index in [0.717, 1.165) is 4.98 Å². The smallest absolute Gasteiger partial charge is 0.394 e. The monoisotopic (exact) mass is 446 g/mol. The van der Waals surface area contributed by atoms with E-state index in [1.165, 1.54) is 0 Å². The summed E-state index contributed by atoms with van der Waals surface area (Å²) in [5.41, 5.74) is -6.49. The number of halogens is 9. The minimum Gasteiger partial charge on any atom is -0.394 e. The van der Waals surface area contributed by atoms with E-state index in [2.05, 4.69) is 0 Å². The quantitative estimate of drug-likeness (QED) is 0.588. The molecule has 0 saturated carbocycles. The average Bonchev–Trinajstić information content (AvgIpc) is 2.93. The Labute approximate surface area is 153 Å². The molecule has 0 unspecified atom stereocenters. The zero-order chi connectivity index (χ0) is 22.6. The number of hydrogen-bond acceptors (Lipinski definition) is 5. The summed E-state index contributed by atoms with van der Waals surface area (Å²) in [6.45, 7) is -0.825. The van der Waals surface area contributed by atoms with Crippen molar-refractivity contribution in [3.63, 3.8) is 0 Å². The molecule has 29 heavy (non-hydrogen) atoms. The van der Waals surface area contributed by atoms with Crippen LogP contribution in [0.5, 0.6) is 0 Å². The maximum absolute atomic E-state index is 14.0. The molecule has 2 heterocycles. The molecular formula is C13H11F9N2O5. The molecule has 1 fully saturated rings. The Morgan fingerprint density at radius 1 is 1.07 bits per heavy atom. The Morgan fingerprint density at radius 2 is 1.62 bits per heavy atom. The molecule has 0 aliphatic carbocycles. The van der Waals surface area contributed by atoms with E-state index >= 15 is 0 Å². The van der Waals surface area contributed by atoms with Gasteiger partial charge < -0.3 is 14.9 Å². The van der Waals surface area contributed by atoms with Crippen molar-refractivity contribution < 1.29 is 54.5 Å². The van der Waals surface area contributed by atoms with Crippen LogP contribution in [0.15, 0.2) is 15.8 Å². The number of aromatic nitrogens is 2. The fourth-order valence-electron chi connectivity index (χ4n) is 2.52. The van der Waals surface area contributed by atoms with E-state index < -0.39 is 72.2 Å². The van der Waals surface area contributed by atoms with E-state index in [-0.39, 0.29) is 10.8 Å². The summed E-state index contributed by atoms with van der Waals surface area (Å²) in [5, 5.41) is 18.5. The summed E-state index contributed by atoms with van der Waals surface area (Å²) in [4.78, 5) is 24.3. The molecule has 1 aromatic heterocycles. The van der Waals surface area contributed by atoms with Gasteiger partial charge in [0.25, 0.3) is 5.56 Å². The number of rotatable bonds is 5. The average molecular weight is 446 g/mol. The lowest BCUT2D eigenvalue weighted by Crippen LogP contribution is -2.60. The minimum absolute atomic E-state index is 0.00860. The van der Waals surface area contributed by atoms with Crippen LogP contribution in [0.3, 0.4) is 0 Å². The van der Waals surface area contributed by atoms with Crippen molar-refractivity contribution in [3.05, 3.63) is 32.6 Å². The highest BCUT2D eigenvalue weighted by molar-refractivity contribution is 5.19. The summed E-state index contributed by atoms with van der Waals surface area (Å²) in [6.07, 6.45) is -12.6. The zero-order valence-electron chi connectivity index (χ0n) is 13.7. The lowest BCUT2D eigenvalue weighted by molar-refractivity contribution is -0.399. The van der Waals surface area contributed by atoms with Crippen molar-refractivity contribution in [2.75, 3.05) is 6.61 Å². The Bertz CT molecular complexity index is 879. The van der Waals surface area contributed by atoms with Crippen LogP contribution in [0.4, 0.5) is 39.5 Å². The molecule has 2 rings (SSSR count). The van der Waals surface area contributed by atoms with Crippen molar-refractivity contribution >= 4 is 0 Å². The van der Waals surface area contributed by atoms with E-state index in [4.69, 9.17) is 9.84 Å². The Kier molecular flexibility index (Phi) is 5.61. The van der Waals surface area contributed by atoms with Crippen LogP contribution < -0.4 is 11.2 Å². The molecule has 166 valence electrons. The molecule has 1 aromatic rings. The molecule has 3 atom stereocenters. The van der Waals surface area contributed by atoms with Crippen LogP contribution in [-0.4, -0.2) is 56.6 Å². The van der Waals surface area contributed by atoms with E-state index in [1.54, 1.807) is 0 Å². The second kappa shape index (κ2) is 7.02. The lowest BCUT2D eigenvalue weighted by Gasteiger charge is -2.33. The lowest BCUT2D eigenvalue weighted by atomic mass is 9.98. The number of ether oxygens (including phenoxy) is 1. The number of aliphatic hydroxyl groups is 2. The van der Waals surface area contributed by atoms with Crippen LogP contribution in [-0.2, 0) is 10.7 Å². The van der Waals surface area contributed by atoms with Gasteiger partial charge in [0.15, 0.2) is 0 Å². The van der Waals surface area contributed by atoms with Crippen LogP contribution in [0.25, 0.3) is 0 Å². The molecule has 0 spiro atoms. The van der Waals surface area contributed by atoms with Gasteiger partial charge >= 0.3 is 29.6 Å². The van der Waals surface area contributed by atoms with Crippen LogP contribution in [0.1, 0.15) is 18.2 Å². The molecule has 0 radical (unpaired) electrons. The van der Waals surface area contributed by atoms with Gasteiger partial charge in [-0.25, -0.2) is 4.79 Å². The molecule has 1 aliphatic rings. The van der Waals surface area contributed by atoms with Gasteiger partial charge in [0.2, 0.25) is 0 Å². The largest absolute Gasteiger partial charge is 0.460 e. The van der Waals surface area contributed by atoms with Crippen LogP contribution in [0.2, 0.25) is 0 Å². The first kappa shape index (κ1) is 23.2. The number of hydrogen-bond donors (Lipinski definition) is 3. The first-order chi connectivity index (χ1) is 13.0. The Morgan fingerprint density at radius 3 is 2.07 bits per heavy atom. The second-order valence-electron chi connectivity index (χ2n) is 6.05. The Hall–Kier alpha value is -2.07. The molecular weight excluding hydrogens is 435 g/mol. The first-order valence-corrected chi connectivity index (χ1v) is 7.49. The molecule has 1 aliphatic heterocycles. The summed E-state index contributed by atoms with van der Waals surface area (Å²) in [5.74, 6) is -20.7. The second-order valence-corrected chi connectivity index (χ2v) is 6.05. The molecule has 0 bridgehead atoms. The van der Waals surface area contributed by atoms with Crippen molar-refractivity contribution in [1.29, 1.82) is 0 Å². The van der Waals surface area contributed by atoms with Gasteiger partial charge in [-0.15, -0.1) is 0 Å². The molecule has 7 nitrogen and oxygen atoms in total. The maximum Gasteiger partial charge on any atom is 0.460 e. The molecule has 0 amide bonds. The third-order valence-corrected chi connectivity index (χ3v) is 4.15. The Balaban J connectivity index is 2.60. The summed E-state index contributed by atoms with van der Waals surface area (Å²) >= 11 is 0. The highest BCUT2D eigenvalue weighted by Gasteiger charge is 2.82. The van der Waals surface area contributed by atoms with Crippen molar-refractivity contribution in [2.45, 2.75) is 48.8 Å². The SMILES string of the molecule is O=c1[nH]c(=O)n([C@H]2C[C@H](O)[C@@H](CO)O2)cc1C(F)(F)C(F)(F)C(F)(F)C(F)(F)F. The van der Waals surface area contributed by atoms with Crippen molar-refractivity contribution in [1.82, 2.24) is 9.55 Å². The van der Waals surface area contributed by atoms with Crippen molar-refractivity contribution in [3.8, 4) is 0 Å². The fraction of sp³-hybridized carbons (Fsp3) is 0.692. The van der Waals surface area contributed by atoms with Crippen LogP contribution >= 0.6 is 0 Å².